The zero-order valence-electron chi connectivity index (χ0n) is 15.7. The number of fused-ring (bicyclic) bond motifs is 1. The molecule has 0 aromatic heterocycles. The average Bonchev–Trinajstić information content (AvgIpc) is 2.67. The summed E-state index contributed by atoms with van der Waals surface area (Å²) >= 11 is 3.54. The molecule has 0 aliphatic heterocycles. The Bertz CT molecular complexity index is 1000. The minimum absolute atomic E-state index is 0.0680. The molecule has 0 aliphatic rings. The third-order valence-electron chi connectivity index (χ3n) is 4.04. The molecule has 0 saturated carbocycles. The summed E-state index contributed by atoms with van der Waals surface area (Å²) in [5.74, 6) is 0.186. The van der Waals surface area contributed by atoms with Crippen LogP contribution in [0.5, 0.6) is 5.75 Å². The quantitative estimate of drug-likeness (QED) is 0.580. The third kappa shape index (κ3) is 4.89. The van der Waals surface area contributed by atoms with Crippen LogP contribution in [0.1, 0.15) is 24.2 Å². The monoisotopic (exact) mass is 440 g/mol. The molecule has 5 nitrogen and oxygen atoms in total. The summed E-state index contributed by atoms with van der Waals surface area (Å²) < 4.78 is 6.48. The Kier molecular flexibility index (Phi) is 6.31. The maximum Gasteiger partial charge on any atom is 0.262 e. The van der Waals surface area contributed by atoms with E-state index in [0.29, 0.717) is 17.0 Å². The molecule has 2 N–H and O–H groups in total. The molecule has 0 spiro atoms. The zero-order valence-corrected chi connectivity index (χ0v) is 17.2. The maximum atomic E-state index is 12.2. The largest absolute Gasteiger partial charge is 0.483 e. The van der Waals surface area contributed by atoms with Gasteiger partial charge in [0.05, 0.1) is 4.47 Å². The minimum Gasteiger partial charge on any atom is -0.483 e. The highest BCUT2D eigenvalue weighted by atomic mass is 79.9. The van der Waals surface area contributed by atoms with Crippen molar-refractivity contribution in [2.75, 3.05) is 11.9 Å². The number of nitrogens with one attached hydrogen (secondary N) is 2. The van der Waals surface area contributed by atoms with Gasteiger partial charge in [-0.15, -0.1) is 0 Å². The van der Waals surface area contributed by atoms with E-state index >= 15 is 0 Å². The Hall–Kier alpha value is -2.86. The number of amides is 2. The first-order valence-corrected chi connectivity index (χ1v) is 9.74. The number of rotatable bonds is 6. The summed E-state index contributed by atoms with van der Waals surface area (Å²) in [6.07, 6.45) is 0. The Balaban J connectivity index is 1.59. The molecule has 0 bridgehead atoms. The second-order valence-corrected chi connectivity index (χ2v) is 7.43. The first-order chi connectivity index (χ1) is 13.4. The van der Waals surface area contributed by atoms with Crippen molar-refractivity contribution in [3.8, 4) is 5.75 Å². The normalized spacial score (nSPS) is 10.7. The van der Waals surface area contributed by atoms with Crippen molar-refractivity contribution < 1.29 is 14.3 Å². The minimum atomic E-state index is -0.278. The molecule has 0 unspecified atom stereocenters. The van der Waals surface area contributed by atoms with E-state index in [4.69, 9.17) is 4.74 Å². The molecule has 6 heteroatoms. The highest BCUT2D eigenvalue weighted by Gasteiger charge is 2.10. The molecule has 0 radical (unpaired) electrons. The van der Waals surface area contributed by atoms with Crippen LogP contribution in [-0.4, -0.2) is 24.5 Å². The standard InChI is InChI=1S/C22H21BrN2O3/c1-14(2)24-22(27)16-7-10-17(11-8-16)25-20(26)13-28-19-12-9-15-5-3-4-6-18(15)21(19)23/h3-12,14H,13H2,1-2H3,(H,24,27)(H,25,26). The molecule has 3 rings (SSSR count). The number of carbonyl (C=O) groups is 2. The number of halogens is 1. The van der Waals surface area contributed by atoms with Crippen molar-refractivity contribution in [1.82, 2.24) is 5.32 Å². The molecule has 0 saturated heterocycles. The summed E-state index contributed by atoms with van der Waals surface area (Å²) in [6, 6.07) is 18.5. The summed E-state index contributed by atoms with van der Waals surface area (Å²) in [6.45, 7) is 3.69. The maximum absolute atomic E-state index is 12.2. The van der Waals surface area contributed by atoms with Gasteiger partial charge in [-0.25, -0.2) is 0 Å². The summed E-state index contributed by atoms with van der Waals surface area (Å²) in [4.78, 5) is 24.1. The van der Waals surface area contributed by atoms with Crippen LogP contribution < -0.4 is 15.4 Å². The first-order valence-electron chi connectivity index (χ1n) is 8.95. The van der Waals surface area contributed by atoms with E-state index in [2.05, 4.69) is 26.6 Å². The zero-order chi connectivity index (χ0) is 20.1. The molecule has 144 valence electrons. The number of ether oxygens (including phenoxy) is 1. The number of anilines is 1. The van der Waals surface area contributed by atoms with Gasteiger partial charge in [-0.1, -0.05) is 30.3 Å². The van der Waals surface area contributed by atoms with Crippen molar-refractivity contribution in [3.63, 3.8) is 0 Å². The fraction of sp³-hybridized carbons (Fsp3) is 0.182. The highest BCUT2D eigenvalue weighted by molar-refractivity contribution is 9.10. The number of hydrogen-bond acceptors (Lipinski definition) is 3. The van der Waals surface area contributed by atoms with Crippen LogP contribution in [-0.2, 0) is 4.79 Å². The van der Waals surface area contributed by atoms with E-state index in [1.165, 1.54) is 0 Å². The van der Waals surface area contributed by atoms with Gasteiger partial charge in [0.1, 0.15) is 5.75 Å². The molecule has 3 aromatic rings. The molecule has 0 aliphatic carbocycles. The Morgan fingerprint density at radius 1 is 1.00 bits per heavy atom. The molecule has 0 fully saturated rings. The van der Waals surface area contributed by atoms with Crippen LogP contribution in [0, 0.1) is 0 Å². The summed E-state index contributed by atoms with van der Waals surface area (Å²) in [5, 5.41) is 7.70. The van der Waals surface area contributed by atoms with Gasteiger partial charge in [0.15, 0.2) is 6.61 Å². The van der Waals surface area contributed by atoms with Crippen molar-refractivity contribution in [1.29, 1.82) is 0 Å². The van der Waals surface area contributed by atoms with E-state index < -0.39 is 0 Å². The SMILES string of the molecule is CC(C)NC(=O)c1ccc(NC(=O)COc2ccc3ccccc3c2Br)cc1. The molecular weight excluding hydrogens is 420 g/mol. The Labute approximate surface area is 172 Å². The lowest BCUT2D eigenvalue weighted by atomic mass is 10.1. The lowest BCUT2D eigenvalue weighted by Gasteiger charge is -2.11. The second-order valence-electron chi connectivity index (χ2n) is 6.64. The van der Waals surface area contributed by atoms with Gasteiger partial charge in [-0.3, -0.25) is 9.59 Å². The van der Waals surface area contributed by atoms with E-state index in [1.54, 1.807) is 24.3 Å². The van der Waals surface area contributed by atoms with Gasteiger partial charge in [0, 0.05) is 17.3 Å². The molecular formula is C22H21BrN2O3. The molecule has 28 heavy (non-hydrogen) atoms. The molecule has 0 heterocycles. The Morgan fingerprint density at radius 3 is 2.43 bits per heavy atom. The lowest BCUT2D eigenvalue weighted by molar-refractivity contribution is -0.118. The van der Waals surface area contributed by atoms with Crippen LogP contribution in [0.15, 0.2) is 65.1 Å². The molecule has 2 amide bonds. The number of carbonyl (C=O) groups excluding carboxylic acids is 2. The predicted octanol–water partition coefficient (Wildman–Crippen LogP) is 4.76. The fourth-order valence-electron chi connectivity index (χ4n) is 2.72. The van der Waals surface area contributed by atoms with E-state index in [1.807, 2.05) is 50.2 Å². The van der Waals surface area contributed by atoms with Crippen LogP contribution >= 0.6 is 15.9 Å². The Morgan fingerprint density at radius 2 is 1.71 bits per heavy atom. The topological polar surface area (TPSA) is 67.4 Å². The van der Waals surface area contributed by atoms with Crippen LogP contribution in [0.4, 0.5) is 5.69 Å². The van der Waals surface area contributed by atoms with Gasteiger partial charge in [-0.2, -0.15) is 0 Å². The fourth-order valence-corrected chi connectivity index (χ4v) is 3.32. The van der Waals surface area contributed by atoms with Gasteiger partial charge in [0.25, 0.3) is 11.8 Å². The van der Waals surface area contributed by atoms with Crippen molar-refractivity contribution in [2.45, 2.75) is 19.9 Å². The van der Waals surface area contributed by atoms with Crippen LogP contribution in [0.2, 0.25) is 0 Å². The smallest absolute Gasteiger partial charge is 0.262 e. The number of hydrogen-bond donors (Lipinski definition) is 2. The molecule has 0 atom stereocenters. The molecule has 3 aromatic carbocycles. The highest BCUT2D eigenvalue weighted by Crippen LogP contribution is 2.33. The number of benzene rings is 3. The van der Waals surface area contributed by atoms with E-state index in [9.17, 15) is 9.59 Å². The van der Waals surface area contributed by atoms with Crippen LogP contribution in [0.25, 0.3) is 10.8 Å². The van der Waals surface area contributed by atoms with Crippen molar-refractivity contribution in [3.05, 3.63) is 70.7 Å². The lowest BCUT2D eigenvalue weighted by Crippen LogP contribution is -2.30. The van der Waals surface area contributed by atoms with Crippen molar-refractivity contribution >= 4 is 44.2 Å². The van der Waals surface area contributed by atoms with Gasteiger partial charge < -0.3 is 15.4 Å². The van der Waals surface area contributed by atoms with Gasteiger partial charge in [0.2, 0.25) is 0 Å². The van der Waals surface area contributed by atoms with Crippen molar-refractivity contribution in [2.24, 2.45) is 0 Å². The van der Waals surface area contributed by atoms with Gasteiger partial charge in [-0.05, 0) is 70.9 Å². The second kappa shape index (κ2) is 8.89. The van der Waals surface area contributed by atoms with Gasteiger partial charge >= 0.3 is 0 Å². The summed E-state index contributed by atoms with van der Waals surface area (Å²) in [7, 11) is 0. The van der Waals surface area contributed by atoms with E-state index in [-0.39, 0.29) is 24.5 Å². The van der Waals surface area contributed by atoms with E-state index in [0.717, 1.165) is 15.2 Å². The van der Waals surface area contributed by atoms with Crippen LogP contribution in [0.3, 0.4) is 0 Å². The average molecular weight is 441 g/mol. The summed E-state index contributed by atoms with van der Waals surface area (Å²) in [5.41, 5.74) is 1.15. The predicted molar refractivity (Wildman–Crippen MR) is 115 cm³/mol. The first kappa shape index (κ1) is 19.9. The third-order valence-corrected chi connectivity index (χ3v) is 4.86.